The Morgan fingerprint density at radius 3 is 2.39 bits per heavy atom. The molecule has 0 spiro atoms. The van der Waals surface area contributed by atoms with Crippen LogP contribution in [0.3, 0.4) is 0 Å². The maximum absolute atomic E-state index is 13.7. The topological polar surface area (TPSA) is 17.1 Å². The van der Waals surface area contributed by atoms with Crippen molar-refractivity contribution >= 4 is 5.78 Å². The molecule has 0 saturated heterocycles. The van der Waals surface area contributed by atoms with E-state index in [1.54, 1.807) is 19.1 Å². The summed E-state index contributed by atoms with van der Waals surface area (Å²) in [7, 11) is 0. The van der Waals surface area contributed by atoms with Gasteiger partial charge < -0.3 is 0 Å². The van der Waals surface area contributed by atoms with Gasteiger partial charge in [0.15, 0.2) is 5.78 Å². The first kappa shape index (κ1) is 12.4. The highest BCUT2D eigenvalue weighted by molar-refractivity contribution is 5.97. The van der Waals surface area contributed by atoms with E-state index in [1.165, 1.54) is 30.3 Å². The molecule has 0 saturated carbocycles. The molecular weight excluding hydrogens is 234 g/mol. The first-order valence-corrected chi connectivity index (χ1v) is 5.60. The van der Waals surface area contributed by atoms with Crippen LogP contribution < -0.4 is 0 Å². The summed E-state index contributed by atoms with van der Waals surface area (Å²) in [5, 5.41) is 0. The van der Waals surface area contributed by atoms with Gasteiger partial charge in [0.2, 0.25) is 0 Å². The van der Waals surface area contributed by atoms with Crippen LogP contribution in [-0.2, 0) is 6.42 Å². The molecular formula is C15H12F2O. The average Bonchev–Trinajstić information content (AvgIpc) is 2.35. The molecule has 0 N–H and O–H groups in total. The van der Waals surface area contributed by atoms with Crippen molar-refractivity contribution in [1.82, 2.24) is 0 Å². The highest BCUT2D eigenvalue weighted by Crippen LogP contribution is 2.15. The van der Waals surface area contributed by atoms with Crippen molar-refractivity contribution in [2.45, 2.75) is 13.3 Å². The SMILES string of the molecule is Cc1cccc(C(=O)Cc2ccc(F)cc2)c1F. The van der Waals surface area contributed by atoms with Crippen molar-refractivity contribution in [1.29, 1.82) is 0 Å². The van der Waals surface area contributed by atoms with Gasteiger partial charge in [-0.2, -0.15) is 0 Å². The maximum Gasteiger partial charge on any atom is 0.170 e. The lowest BCUT2D eigenvalue weighted by Gasteiger charge is -2.05. The van der Waals surface area contributed by atoms with E-state index in [-0.39, 0.29) is 23.6 Å². The van der Waals surface area contributed by atoms with Gasteiger partial charge in [0.1, 0.15) is 11.6 Å². The molecule has 0 bridgehead atoms. The quantitative estimate of drug-likeness (QED) is 0.755. The molecule has 0 aliphatic heterocycles. The van der Waals surface area contributed by atoms with E-state index in [2.05, 4.69) is 0 Å². The zero-order valence-electron chi connectivity index (χ0n) is 9.91. The van der Waals surface area contributed by atoms with E-state index >= 15 is 0 Å². The Labute approximate surface area is 104 Å². The molecule has 0 amide bonds. The molecule has 0 unspecified atom stereocenters. The average molecular weight is 246 g/mol. The molecule has 0 radical (unpaired) electrons. The van der Waals surface area contributed by atoms with Gasteiger partial charge in [-0.25, -0.2) is 8.78 Å². The summed E-state index contributed by atoms with van der Waals surface area (Å²) in [5.74, 6) is -1.14. The number of aryl methyl sites for hydroxylation is 1. The van der Waals surface area contributed by atoms with Crippen molar-refractivity contribution in [2.24, 2.45) is 0 Å². The largest absolute Gasteiger partial charge is 0.294 e. The van der Waals surface area contributed by atoms with Crippen molar-refractivity contribution in [3.8, 4) is 0 Å². The van der Waals surface area contributed by atoms with Crippen molar-refractivity contribution < 1.29 is 13.6 Å². The smallest absolute Gasteiger partial charge is 0.170 e. The Hall–Kier alpha value is -2.03. The van der Waals surface area contributed by atoms with Crippen LogP contribution in [0.25, 0.3) is 0 Å². The molecule has 92 valence electrons. The number of hydrogen-bond acceptors (Lipinski definition) is 1. The van der Waals surface area contributed by atoms with Gasteiger partial charge in [0.05, 0.1) is 5.56 Å². The van der Waals surface area contributed by atoms with Gasteiger partial charge in [0.25, 0.3) is 0 Å². The molecule has 0 fully saturated rings. The van der Waals surface area contributed by atoms with Crippen molar-refractivity contribution in [2.75, 3.05) is 0 Å². The van der Waals surface area contributed by atoms with Gasteiger partial charge in [0, 0.05) is 6.42 Å². The Kier molecular flexibility index (Phi) is 3.51. The molecule has 2 aromatic carbocycles. The molecule has 2 rings (SSSR count). The number of carbonyl (C=O) groups is 1. The van der Waals surface area contributed by atoms with Gasteiger partial charge in [-0.15, -0.1) is 0 Å². The third-order valence-corrected chi connectivity index (χ3v) is 2.77. The van der Waals surface area contributed by atoms with Crippen LogP contribution in [0.2, 0.25) is 0 Å². The second-order valence-electron chi connectivity index (χ2n) is 4.16. The lowest BCUT2D eigenvalue weighted by atomic mass is 10.0. The fraction of sp³-hybridized carbons (Fsp3) is 0.133. The molecule has 0 aromatic heterocycles. The minimum atomic E-state index is -0.482. The molecule has 0 aliphatic carbocycles. The summed E-state index contributed by atoms with van der Waals surface area (Å²) in [6.07, 6.45) is 0.0701. The number of carbonyl (C=O) groups excluding carboxylic acids is 1. The van der Waals surface area contributed by atoms with Crippen molar-refractivity contribution in [3.05, 3.63) is 70.8 Å². The maximum atomic E-state index is 13.7. The number of halogens is 2. The van der Waals surface area contributed by atoms with Crippen LogP contribution in [0.4, 0.5) is 8.78 Å². The van der Waals surface area contributed by atoms with E-state index in [1.807, 2.05) is 0 Å². The second-order valence-corrected chi connectivity index (χ2v) is 4.16. The molecule has 2 aromatic rings. The lowest BCUT2D eigenvalue weighted by molar-refractivity contribution is 0.0989. The summed E-state index contributed by atoms with van der Waals surface area (Å²) in [6.45, 7) is 1.62. The minimum Gasteiger partial charge on any atom is -0.294 e. The van der Waals surface area contributed by atoms with Crippen molar-refractivity contribution in [3.63, 3.8) is 0 Å². The molecule has 0 heterocycles. The lowest BCUT2D eigenvalue weighted by Crippen LogP contribution is -2.07. The fourth-order valence-corrected chi connectivity index (χ4v) is 1.75. The fourth-order valence-electron chi connectivity index (χ4n) is 1.75. The number of rotatable bonds is 3. The number of benzene rings is 2. The highest BCUT2D eigenvalue weighted by atomic mass is 19.1. The predicted molar refractivity (Wildman–Crippen MR) is 65.6 cm³/mol. The molecule has 18 heavy (non-hydrogen) atoms. The minimum absolute atomic E-state index is 0.0701. The van der Waals surface area contributed by atoms with Gasteiger partial charge in [-0.3, -0.25) is 4.79 Å². The summed E-state index contributed by atoms with van der Waals surface area (Å²) in [6, 6.07) is 10.4. The number of Topliss-reactive ketones (excluding diaryl/α,β-unsaturated/α-hetero) is 1. The summed E-state index contributed by atoms with van der Waals surface area (Å²) in [4.78, 5) is 11.9. The van der Waals surface area contributed by atoms with E-state index in [9.17, 15) is 13.6 Å². The normalized spacial score (nSPS) is 10.4. The van der Waals surface area contributed by atoms with Crippen LogP contribution >= 0.6 is 0 Å². The second kappa shape index (κ2) is 5.08. The molecule has 3 heteroatoms. The van der Waals surface area contributed by atoms with Crippen LogP contribution in [0, 0.1) is 18.6 Å². The highest BCUT2D eigenvalue weighted by Gasteiger charge is 2.13. The zero-order chi connectivity index (χ0) is 13.1. The summed E-state index contributed by atoms with van der Waals surface area (Å²) >= 11 is 0. The molecule has 0 aliphatic rings. The van der Waals surface area contributed by atoms with E-state index in [0.717, 1.165) is 0 Å². The van der Waals surface area contributed by atoms with Gasteiger partial charge >= 0.3 is 0 Å². The van der Waals surface area contributed by atoms with E-state index in [0.29, 0.717) is 11.1 Å². The predicted octanol–water partition coefficient (Wildman–Crippen LogP) is 3.70. The van der Waals surface area contributed by atoms with Crippen LogP contribution in [0.1, 0.15) is 21.5 Å². The Morgan fingerprint density at radius 2 is 1.72 bits per heavy atom. The number of ketones is 1. The first-order chi connectivity index (χ1) is 8.58. The van der Waals surface area contributed by atoms with Gasteiger partial charge in [-0.1, -0.05) is 24.3 Å². The van der Waals surface area contributed by atoms with Crippen LogP contribution in [-0.4, -0.2) is 5.78 Å². The molecule has 0 atom stereocenters. The summed E-state index contributed by atoms with van der Waals surface area (Å²) in [5.41, 5.74) is 1.20. The Morgan fingerprint density at radius 1 is 1.06 bits per heavy atom. The Bertz CT molecular complexity index is 574. The first-order valence-electron chi connectivity index (χ1n) is 5.60. The number of hydrogen-bond donors (Lipinski definition) is 0. The standard InChI is InChI=1S/C15H12F2O/c1-10-3-2-4-13(15(10)17)14(18)9-11-5-7-12(16)8-6-11/h2-8H,9H2,1H3. The third kappa shape index (κ3) is 2.62. The van der Waals surface area contributed by atoms with Gasteiger partial charge in [-0.05, 0) is 36.2 Å². The zero-order valence-corrected chi connectivity index (χ0v) is 9.91. The molecule has 1 nitrogen and oxygen atoms in total. The van der Waals surface area contributed by atoms with E-state index < -0.39 is 5.82 Å². The Balaban J connectivity index is 2.22. The van der Waals surface area contributed by atoms with Crippen LogP contribution in [0.15, 0.2) is 42.5 Å². The third-order valence-electron chi connectivity index (χ3n) is 2.77. The van der Waals surface area contributed by atoms with E-state index in [4.69, 9.17) is 0 Å². The summed E-state index contributed by atoms with van der Waals surface area (Å²) < 4.78 is 26.5. The van der Waals surface area contributed by atoms with Crippen LogP contribution in [0.5, 0.6) is 0 Å². The monoisotopic (exact) mass is 246 g/mol.